The number of hydrogen-bond acceptors (Lipinski definition) is 9. The number of carboxylic acids is 1. The number of Topliss-reactive ketones (excluding diaryl/α,β-unsaturated/α-hetero) is 1. The number of carbonyl (C=O) groups excluding carboxylic acids is 1. The summed E-state index contributed by atoms with van der Waals surface area (Å²) in [6.07, 6.45) is 11.9. The molecule has 3 N–H and O–H groups in total. The molecule has 6 saturated heterocycles. The molecule has 4 bridgehead atoms. The van der Waals surface area contributed by atoms with E-state index in [1.165, 1.54) is 67.3 Å². The van der Waals surface area contributed by atoms with Gasteiger partial charge in [0, 0.05) is 35.9 Å². The number of halogens is 1. The first-order chi connectivity index (χ1) is 21.5. The molecule has 0 amide bonds. The van der Waals surface area contributed by atoms with Gasteiger partial charge in [0.1, 0.15) is 11.1 Å². The number of ketones is 1. The molecule has 0 radical (unpaired) electrons. The summed E-state index contributed by atoms with van der Waals surface area (Å²) in [6.45, 7) is 14.1. The molecule has 4 aromatic rings. The highest BCUT2D eigenvalue weighted by atomic mass is 35.5. The number of hydrogen-bond donors (Lipinski definition) is 2. The summed E-state index contributed by atoms with van der Waals surface area (Å²) < 4.78 is 2.82. The third-order valence-corrected chi connectivity index (χ3v) is 11.1. The lowest BCUT2D eigenvalue weighted by Gasteiger charge is -2.56. The average molecular weight is 652 g/mol. The Balaban J connectivity index is 0.000000147. The van der Waals surface area contributed by atoms with Crippen LogP contribution in [0.4, 0.5) is 0 Å². The van der Waals surface area contributed by atoms with Crippen LogP contribution in [0.1, 0.15) is 80.5 Å². The normalized spacial score (nSPS) is 28.4. The summed E-state index contributed by atoms with van der Waals surface area (Å²) in [7, 11) is 0. The van der Waals surface area contributed by atoms with Gasteiger partial charge >= 0.3 is 5.97 Å². The Labute approximate surface area is 275 Å². The molecule has 6 aliphatic rings. The van der Waals surface area contributed by atoms with E-state index in [4.69, 9.17) is 10.8 Å². The molecule has 2 atom stereocenters. The molecule has 13 heteroatoms. The number of aromatic carboxylic acids is 1. The molecule has 0 aromatic carbocycles. The molecule has 6 fully saturated rings. The molecule has 0 spiro atoms. The number of aromatic nitrogens is 6. The van der Waals surface area contributed by atoms with E-state index in [9.17, 15) is 9.59 Å². The van der Waals surface area contributed by atoms with Gasteiger partial charge < -0.3 is 10.8 Å². The predicted molar refractivity (Wildman–Crippen MR) is 177 cm³/mol. The smallest absolute Gasteiger partial charge is 0.339 e. The largest absolute Gasteiger partial charge is 0.478 e. The van der Waals surface area contributed by atoms with E-state index >= 15 is 0 Å². The summed E-state index contributed by atoms with van der Waals surface area (Å²) in [5.74, 6) is 1.14. The third-order valence-electron chi connectivity index (χ3n) is 11.1. The number of nitrogens with zero attached hydrogens (tertiary/aromatic N) is 8. The molecule has 248 valence electrons. The van der Waals surface area contributed by atoms with E-state index in [1.807, 2.05) is 12.1 Å². The van der Waals surface area contributed by atoms with Crippen LogP contribution in [-0.2, 0) is 0 Å². The number of carbonyl (C=O) groups is 2. The summed E-state index contributed by atoms with van der Waals surface area (Å²) in [5, 5.41) is 24.6. The second-order valence-corrected chi connectivity index (χ2v) is 13.9. The van der Waals surface area contributed by atoms with Crippen LogP contribution in [0.5, 0.6) is 0 Å². The maximum Gasteiger partial charge on any atom is 0.339 e. The van der Waals surface area contributed by atoms with Crippen LogP contribution in [0.3, 0.4) is 0 Å². The zero-order valence-corrected chi connectivity index (χ0v) is 27.9. The lowest BCUT2D eigenvalue weighted by Crippen LogP contribution is -2.67. The molecule has 6 aliphatic heterocycles. The van der Waals surface area contributed by atoms with Crippen molar-refractivity contribution in [3.05, 3.63) is 60.2 Å². The molecule has 0 aliphatic carbocycles. The van der Waals surface area contributed by atoms with Crippen molar-refractivity contribution in [2.75, 3.05) is 26.2 Å². The van der Waals surface area contributed by atoms with E-state index in [0.717, 1.165) is 11.4 Å². The maximum absolute atomic E-state index is 12.9. The third kappa shape index (κ3) is 6.27. The highest BCUT2D eigenvalue weighted by Gasteiger charge is 2.48. The number of carboxylic acid groups (broad SMARTS) is 1. The molecular formula is C33H46ClN9O3. The van der Waals surface area contributed by atoms with E-state index in [2.05, 4.69) is 57.9 Å². The van der Waals surface area contributed by atoms with E-state index in [1.54, 1.807) is 30.7 Å². The first kappa shape index (κ1) is 33.9. The van der Waals surface area contributed by atoms with Gasteiger partial charge in [-0.2, -0.15) is 29.7 Å². The topological polar surface area (TPSA) is 147 Å². The van der Waals surface area contributed by atoms with Gasteiger partial charge in [0.15, 0.2) is 5.78 Å². The van der Waals surface area contributed by atoms with Crippen molar-refractivity contribution < 1.29 is 14.7 Å². The van der Waals surface area contributed by atoms with Crippen molar-refractivity contribution in [1.82, 2.24) is 39.5 Å². The average Bonchev–Trinajstić information content (AvgIpc) is 3.68. The molecule has 12 nitrogen and oxygen atoms in total. The molecule has 10 heterocycles. The Morgan fingerprint density at radius 1 is 0.783 bits per heavy atom. The Morgan fingerprint density at radius 2 is 1.26 bits per heavy atom. The van der Waals surface area contributed by atoms with Crippen LogP contribution in [0.25, 0.3) is 11.0 Å². The highest BCUT2D eigenvalue weighted by Crippen LogP contribution is 2.45. The van der Waals surface area contributed by atoms with Crippen molar-refractivity contribution in [2.45, 2.75) is 76.9 Å². The lowest BCUT2D eigenvalue weighted by molar-refractivity contribution is -0.0643. The van der Waals surface area contributed by atoms with Gasteiger partial charge in [0.2, 0.25) is 0 Å². The fraction of sp³-hybridized carbons (Fsp3) is 0.576. The minimum atomic E-state index is -0.988. The van der Waals surface area contributed by atoms with Crippen molar-refractivity contribution in [2.24, 2.45) is 23.5 Å². The van der Waals surface area contributed by atoms with Gasteiger partial charge in [-0.05, 0) is 122 Å². The molecule has 4 aromatic heterocycles. The molecule has 0 saturated carbocycles. The van der Waals surface area contributed by atoms with E-state index in [0.29, 0.717) is 35.4 Å². The first-order valence-electron chi connectivity index (χ1n) is 16.1. The van der Waals surface area contributed by atoms with Crippen LogP contribution in [0, 0.1) is 17.8 Å². The van der Waals surface area contributed by atoms with E-state index in [-0.39, 0.29) is 34.8 Å². The number of fused-ring (bicyclic) bond motifs is 8. The maximum atomic E-state index is 12.9. The van der Waals surface area contributed by atoms with Gasteiger partial charge in [-0.15, -0.1) is 12.4 Å². The number of nitrogens with two attached hydrogens (primary N) is 1. The first-order valence-corrected chi connectivity index (χ1v) is 16.1. The van der Waals surface area contributed by atoms with Crippen molar-refractivity contribution in [3.8, 4) is 0 Å². The summed E-state index contributed by atoms with van der Waals surface area (Å²) in [6, 6.07) is 7.50. The Hall–Kier alpha value is -3.45. The molecular weight excluding hydrogens is 606 g/mol. The minimum absolute atomic E-state index is 0. The second-order valence-electron chi connectivity index (χ2n) is 13.9. The van der Waals surface area contributed by atoms with Crippen molar-refractivity contribution in [1.29, 1.82) is 0 Å². The summed E-state index contributed by atoms with van der Waals surface area (Å²) in [4.78, 5) is 28.5. The minimum Gasteiger partial charge on any atom is -0.478 e. The summed E-state index contributed by atoms with van der Waals surface area (Å²) >= 11 is 0. The molecule has 46 heavy (non-hydrogen) atoms. The fourth-order valence-corrected chi connectivity index (χ4v) is 8.08. The van der Waals surface area contributed by atoms with Gasteiger partial charge in [-0.1, -0.05) is 0 Å². The Kier molecular flexibility index (Phi) is 9.84. The Morgan fingerprint density at radius 3 is 1.72 bits per heavy atom. The van der Waals surface area contributed by atoms with Crippen LogP contribution in [-0.4, -0.2) is 99.6 Å². The molecule has 0 unspecified atom stereocenters. The number of piperidine rings is 6. The zero-order valence-electron chi connectivity index (χ0n) is 27.1. The SMILES string of the molecule is CC1(C)[C@@H](CC(=O)c2cnn3ncccc23)C2CCN1CC2.CC1(C)[C@@H](N)C2CCN1CC2.Cl.O=C(O)c1cnn2ncccc12. The number of rotatable bonds is 4. The van der Waals surface area contributed by atoms with Crippen LogP contribution < -0.4 is 5.73 Å². The van der Waals surface area contributed by atoms with Crippen molar-refractivity contribution in [3.63, 3.8) is 0 Å². The van der Waals surface area contributed by atoms with Gasteiger partial charge in [0.05, 0.1) is 23.5 Å². The van der Waals surface area contributed by atoms with Gasteiger partial charge in [-0.3, -0.25) is 14.6 Å². The predicted octanol–water partition coefficient (Wildman–Crippen LogP) is 4.09. The zero-order chi connectivity index (χ0) is 31.9. The monoisotopic (exact) mass is 651 g/mol. The molecule has 10 rings (SSSR count). The van der Waals surface area contributed by atoms with Crippen LogP contribution in [0.15, 0.2) is 49.1 Å². The van der Waals surface area contributed by atoms with Crippen LogP contribution in [0.2, 0.25) is 0 Å². The van der Waals surface area contributed by atoms with Crippen molar-refractivity contribution >= 4 is 35.2 Å². The highest BCUT2D eigenvalue weighted by molar-refractivity contribution is 6.02. The van der Waals surface area contributed by atoms with Crippen LogP contribution >= 0.6 is 12.4 Å². The summed E-state index contributed by atoms with van der Waals surface area (Å²) in [5.41, 5.74) is 8.74. The standard InChI is InChI=1S/C17H22N4O.C9H18N2.C7H5N3O2.ClH/c1-17(2)14(12-5-8-20(17)9-6-12)10-16(22)13-11-19-21-15(13)4-3-7-18-21;1-9(2)8(10)7-3-5-11(9)6-4-7;11-7(12)5-4-9-10-6(5)2-1-3-8-10;/h3-4,7,11-12,14H,5-6,8-10H2,1-2H3;7-8H,3-6,10H2,1-2H3;1-4H,(H,11,12);1H/t14-;8-;;/m00../s1. The van der Waals surface area contributed by atoms with Gasteiger partial charge in [-0.25, -0.2) is 4.79 Å². The lowest BCUT2D eigenvalue weighted by atomic mass is 9.65. The van der Waals surface area contributed by atoms with E-state index < -0.39 is 5.97 Å². The quantitative estimate of drug-likeness (QED) is 0.309. The second kappa shape index (κ2) is 13.3. The fourth-order valence-electron chi connectivity index (χ4n) is 8.08. The van der Waals surface area contributed by atoms with Gasteiger partial charge in [0.25, 0.3) is 0 Å². The Bertz CT molecular complexity index is 1660.